The van der Waals surface area contributed by atoms with Gasteiger partial charge in [0.25, 0.3) is 0 Å². The van der Waals surface area contributed by atoms with Gasteiger partial charge in [-0.1, -0.05) is 20.8 Å². The normalized spacial score (nSPS) is 11.4. The molecule has 1 heterocycles. The van der Waals surface area contributed by atoms with Crippen LogP contribution in [0.1, 0.15) is 37.0 Å². The maximum Gasteiger partial charge on any atom is 0.339 e. The number of fused-ring (bicyclic) bond motifs is 1. The minimum atomic E-state index is -0.996. The fourth-order valence-electron chi connectivity index (χ4n) is 1.64. The fraction of sp³-hybridized carbons (Fsp3) is 0.385. The Morgan fingerprint density at radius 3 is 2.47 bits per heavy atom. The van der Waals surface area contributed by atoms with Gasteiger partial charge in [-0.3, -0.25) is 0 Å². The molecule has 0 bridgehead atoms. The second kappa shape index (κ2) is 5.43. The number of hydrogen-bond acceptors (Lipinski definition) is 4. The first-order valence-electron chi connectivity index (χ1n) is 5.56. The number of halogens is 1. The molecule has 0 saturated carbocycles. The van der Waals surface area contributed by atoms with Gasteiger partial charge in [-0.25, -0.2) is 9.78 Å². The standard InChI is InChI=1S/C13H15NO3S.ClH/c1-13(2,3)12-14-9-8(18-4)6-5-7(11(15)16)10(9)17-12;/h5-6H,1-4H3,(H,15,16);1H. The summed E-state index contributed by atoms with van der Waals surface area (Å²) >= 11 is 1.53. The van der Waals surface area contributed by atoms with Crippen LogP contribution in [0.25, 0.3) is 11.1 Å². The highest BCUT2D eigenvalue weighted by atomic mass is 35.5. The molecule has 0 atom stereocenters. The number of benzene rings is 1. The topological polar surface area (TPSA) is 63.3 Å². The molecule has 4 nitrogen and oxygen atoms in total. The predicted molar refractivity (Wildman–Crippen MR) is 78.7 cm³/mol. The summed E-state index contributed by atoms with van der Waals surface area (Å²) in [5, 5.41) is 9.16. The van der Waals surface area contributed by atoms with Gasteiger partial charge in [-0.2, -0.15) is 0 Å². The highest BCUT2D eigenvalue weighted by Gasteiger charge is 2.24. The fourth-order valence-corrected chi connectivity index (χ4v) is 2.17. The summed E-state index contributed by atoms with van der Waals surface area (Å²) in [4.78, 5) is 16.6. The molecule has 0 unspecified atom stereocenters. The molecule has 2 rings (SSSR count). The summed E-state index contributed by atoms with van der Waals surface area (Å²) in [6, 6.07) is 3.33. The van der Waals surface area contributed by atoms with E-state index in [1.807, 2.05) is 27.0 Å². The number of carboxylic acids is 1. The van der Waals surface area contributed by atoms with Crippen molar-refractivity contribution in [2.45, 2.75) is 31.1 Å². The molecular weight excluding hydrogens is 286 g/mol. The van der Waals surface area contributed by atoms with E-state index in [0.29, 0.717) is 17.0 Å². The van der Waals surface area contributed by atoms with Crippen molar-refractivity contribution in [3.05, 3.63) is 23.6 Å². The molecule has 0 amide bonds. The molecule has 104 valence electrons. The van der Waals surface area contributed by atoms with Crippen molar-refractivity contribution in [2.24, 2.45) is 0 Å². The van der Waals surface area contributed by atoms with Crippen molar-refractivity contribution in [3.63, 3.8) is 0 Å². The Morgan fingerprint density at radius 1 is 1.37 bits per heavy atom. The lowest BCUT2D eigenvalue weighted by Gasteiger charge is -2.11. The van der Waals surface area contributed by atoms with Gasteiger partial charge in [-0.15, -0.1) is 24.2 Å². The number of rotatable bonds is 2. The third-order valence-electron chi connectivity index (χ3n) is 2.60. The summed E-state index contributed by atoms with van der Waals surface area (Å²) in [5.74, 6) is -0.439. The van der Waals surface area contributed by atoms with E-state index in [1.165, 1.54) is 11.8 Å². The van der Waals surface area contributed by atoms with Crippen LogP contribution < -0.4 is 0 Å². The van der Waals surface area contributed by atoms with Crippen molar-refractivity contribution in [3.8, 4) is 0 Å². The van der Waals surface area contributed by atoms with E-state index in [2.05, 4.69) is 4.98 Å². The maximum atomic E-state index is 11.2. The van der Waals surface area contributed by atoms with Gasteiger partial charge in [0.05, 0.1) is 0 Å². The molecule has 0 radical (unpaired) electrons. The lowest BCUT2D eigenvalue weighted by Crippen LogP contribution is -2.11. The second-order valence-electron chi connectivity index (χ2n) is 5.07. The van der Waals surface area contributed by atoms with Gasteiger partial charge in [0.2, 0.25) is 5.89 Å². The third-order valence-corrected chi connectivity index (χ3v) is 3.37. The SMILES string of the molecule is CSc1ccc(C(=O)O)c2oc(C(C)(C)C)nc12.Cl. The van der Waals surface area contributed by atoms with Crippen LogP contribution in [0, 0.1) is 0 Å². The van der Waals surface area contributed by atoms with E-state index >= 15 is 0 Å². The van der Waals surface area contributed by atoms with Crippen molar-refractivity contribution >= 4 is 41.2 Å². The summed E-state index contributed by atoms with van der Waals surface area (Å²) < 4.78 is 5.66. The van der Waals surface area contributed by atoms with Crippen molar-refractivity contribution in [2.75, 3.05) is 6.26 Å². The van der Waals surface area contributed by atoms with Crippen molar-refractivity contribution < 1.29 is 14.3 Å². The first kappa shape index (κ1) is 15.9. The summed E-state index contributed by atoms with van der Waals surface area (Å²) in [7, 11) is 0. The molecule has 2 aromatic rings. The number of oxazole rings is 1. The molecule has 0 aliphatic heterocycles. The Morgan fingerprint density at radius 2 is 2.00 bits per heavy atom. The largest absolute Gasteiger partial charge is 0.478 e. The molecule has 6 heteroatoms. The zero-order valence-electron chi connectivity index (χ0n) is 11.2. The van der Waals surface area contributed by atoms with E-state index in [0.717, 1.165) is 4.90 Å². The minimum Gasteiger partial charge on any atom is -0.478 e. The average molecular weight is 302 g/mol. The van der Waals surface area contributed by atoms with Gasteiger partial charge in [0, 0.05) is 10.3 Å². The van der Waals surface area contributed by atoms with Crippen molar-refractivity contribution in [1.29, 1.82) is 0 Å². The van der Waals surface area contributed by atoms with Gasteiger partial charge in [-0.05, 0) is 18.4 Å². The number of aromatic carboxylic acids is 1. The Bertz CT molecular complexity index is 616. The number of carbonyl (C=O) groups is 1. The number of nitrogens with zero attached hydrogens (tertiary/aromatic N) is 1. The van der Waals surface area contributed by atoms with Crippen LogP contribution in [-0.2, 0) is 5.41 Å². The lowest BCUT2D eigenvalue weighted by atomic mass is 9.97. The van der Waals surface area contributed by atoms with Gasteiger partial charge in [0.1, 0.15) is 11.1 Å². The van der Waals surface area contributed by atoms with E-state index in [4.69, 9.17) is 9.52 Å². The van der Waals surface area contributed by atoms with Crippen LogP contribution in [0.3, 0.4) is 0 Å². The Labute approximate surface area is 122 Å². The molecule has 0 saturated heterocycles. The molecule has 0 spiro atoms. The third kappa shape index (κ3) is 2.87. The zero-order valence-corrected chi connectivity index (χ0v) is 12.8. The quantitative estimate of drug-likeness (QED) is 0.850. The minimum absolute atomic E-state index is 0. The van der Waals surface area contributed by atoms with Crippen LogP contribution in [0.4, 0.5) is 0 Å². The Kier molecular flexibility index (Phi) is 4.53. The first-order valence-corrected chi connectivity index (χ1v) is 6.78. The molecule has 1 aromatic carbocycles. The average Bonchev–Trinajstić information content (AvgIpc) is 2.71. The number of hydrogen-bond donors (Lipinski definition) is 1. The van der Waals surface area contributed by atoms with E-state index < -0.39 is 5.97 Å². The molecule has 1 aromatic heterocycles. The van der Waals surface area contributed by atoms with Crippen LogP contribution in [0.5, 0.6) is 0 Å². The smallest absolute Gasteiger partial charge is 0.339 e. The monoisotopic (exact) mass is 301 g/mol. The summed E-state index contributed by atoms with van der Waals surface area (Å²) in [5.41, 5.74) is 0.905. The highest BCUT2D eigenvalue weighted by molar-refractivity contribution is 7.98. The summed E-state index contributed by atoms with van der Waals surface area (Å²) in [6.07, 6.45) is 1.93. The second-order valence-corrected chi connectivity index (χ2v) is 5.92. The van der Waals surface area contributed by atoms with Gasteiger partial charge < -0.3 is 9.52 Å². The Hall–Kier alpha value is -1.20. The first-order chi connectivity index (χ1) is 8.34. The van der Waals surface area contributed by atoms with E-state index in [9.17, 15) is 4.79 Å². The zero-order chi connectivity index (χ0) is 13.5. The van der Waals surface area contributed by atoms with Crippen LogP contribution in [0.2, 0.25) is 0 Å². The van der Waals surface area contributed by atoms with Crippen LogP contribution in [0.15, 0.2) is 21.4 Å². The number of aromatic nitrogens is 1. The van der Waals surface area contributed by atoms with E-state index in [1.54, 1.807) is 12.1 Å². The highest BCUT2D eigenvalue weighted by Crippen LogP contribution is 2.33. The summed E-state index contributed by atoms with van der Waals surface area (Å²) in [6.45, 7) is 5.95. The lowest BCUT2D eigenvalue weighted by molar-refractivity contribution is 0.0697. The number of carboxylic acid groups (broad SMARTS) is 1. The molecule has 19 heavy (non-hydrogen) atoms. The predicted octanol–water partition coefficient (Wildman–Crippen LogP) is 3.97. The Balaban J connectivity index is 0.00000180. The molecule has 1 N–H and O–H groups in total. The van der Waals surface area contributed by atoms with Gasteiger partial charge in [0.15, 0.2) is 5.58 Å². The molecular formula is C13H16ClNO3S. The molecule has 0 aliphatic rings. The van der Waals surface area contributed by atoms with E-state index in [-0.39, 0.29) is 23.4 Å². The van der Waals surface area contributed by atoms with Crippen molar-refractivity contribution in [1.82, 2.24) is 4.98 Å². The molecule has 0 fully saturated rings. The van der Waals surface area contributed by atoms with Crippen LogP contribution >= 0.6 is 24.2 Å². The number of thioether (sulfide) groups is 1. The van der Waals surface area contributed by atoms with Crippen LogP contribution in [-0.4, -0.2) is 22.3 Å². The van der Waals surface area contributed by atoms with Gasteiger partial charge >= 0.3 is 5.97 Å². The molecule has 0 aliphatic carbocycles. The maximum absolute atomic E-state index is 11.2.